The van der Waals surface area contributed by atoms with E-state index >= 15 is 0 Å². The van der Waals surface area contributed by atoms with E-state index in [1.54, 1.807) is 0 Å². The van der Waals surface area contributed by atoms with Crippen LogP contribution in [0.2, 0.25) is 0 Å². The van der Waals surface area contributed by atoms with E-state index < -0.39 is 15.4 Å². The molecular weight excluding hydrogens is 197 g/mol. The van der Waals surface area contributed by atoms with Crippen LogP contribution in [0, 0.1) is 0 Å². The first kappa shape index (κ1) is 10.1. The maximum atomic E-state index is 12.5. The minimum absolute atomic E-state index is 0.00741. The van der Waals surface area contributed by atoms with Crippen LogP contribution in [0.1, 0.15) is 25.6 Å². The van der Waals surface area contributed by atoms with Gasteiger partial charge in [0.2, 0.25) is 0 Å². The normalized spacial score (nSPS) is 12.4. The Kier molecular flexibility index (Phi) is 2.38. The lowest BCUT2D eigenvalue weighted by Crippen LogP contribution is -2.06. The Bertz CT molecular complexity index is 410. The summed E-state index contributed by atoms with van der Waals surface area (Å²) in [5.74, 6) is 0.448. The third kappa shape index (κ3) is 1.85. The van der Waals surface area contributed by atoms with Crippen LogP contribution in [0.15, 0.2) is 5.16 Å². The maximum Gasteiger partial charge on any atom is 0.368 e. The molecule has 1 aromatic rings. The number of hydrogen-bond acceptors (Lipinski definition) is 4. The van der Waals surface area contributed by atoms with Crippen molar-refractivity contribution in [3.05, 3.63) is 5.82 Å². The monoisotopic (exact) mass is 207 g/mol. The standard InChI is InChI=1S/C6H10FN3O2S/c1-4(2)5-8-9-6(10(5)3)13(7,11)12/h4H,1-3H3. The second-order valence-electron chi connectivity index (χ2n) is 2.99. The molecule has 0 saturated heterocycles. The minimum atomic E-state index is -4.76. The number of halogens is 1. The first-order valence-corrected chi connectivity index (χ1v) is 5.06. The first-order chi connectivity index (χ1) is 5.84. The highest BCUT2D eigenvalue weighted by Crippen LogP contribution is 2.15. The summed E-state index contributed by atoms with van der Waals surface area (Å²) in [4.78, 5) is 0. The molecule has 0 bridgehead atoms. The van der Waals surface area contributed by atoms with Gasteiger partial charge in [-0.25, -0.2) is 0 Å². The predicted molar refractivity (Wildman–Crippen MR) is 43.4 cm³/mol. The molecule has 0 atom stereocenters. The van der Waals surface area contributed by atoms with Crippen molar-refractivity contribution in [3.63, 3.8) is 0 Å². The SMILES string of the molecule is CC(C)c1nnc(S(=O)(=O)F)n1C. The zero-order valence-corrected chi connectivity index (χ0v) is 8.34. The van der Waals surface area contributed by atoms with Crippen LogP contribution in [0.4, 0.5) is 3.89 Å². The molecule has 0 aliphatic carbocycles. The molecule has 7 heteroatoms. The Hall–Kier alpha value is -0.980. The van der Waals surface area contributed by atoms with Gasteiger partial charge in [-0.05, 0) is 0 Å². The summed E-state index contributed by atoms with van der Waals surface area (Å²) < 4.78 is 34.6. The van der Waals surface area contributed by atoms with Crippen molar-refractivity contribution in [2.45, 2.75) is 24.9 Å². The van der Waals surface area contributed by atoms with E-state index in [9.17, 15) is 12.3 Å². The van der Waals surface area contributed by atoms with Gasteiger partial charge in [0.05, 0.1) is 0 Å². The number of nitrogens with zero attached hydrogens (tertiary/aromatic N) is 3. The van der Waals surface area contributed by atoms with E-state index in [2.05, 4.69) is 10.2 Å². The largest absolute Gasteiger partial charge is 0.368 e. The quantitative estimate of drug-likeness (QED) is 0.666. The average molecular weight is 207 g/mol. The summed E-state index contributed by atoms with van der Waals surface area (Å²) in [6.07, 6.45) is 0. The van der Waals surface area contributed by atoms with Gasteiger partial charge in [-0.15, -0.1) is 10.2 Å². The Morgan fingerprint density at radius 2 is 1.92 bits per heavy atom. The molecule has 0 saturated carbocycles. The molecule has 0 aliphatic heterocycles. The van der Waals surface area contributed by atoms with Crippen molar-refractivity contribution in [2.75, 3.05) is 0 Å². The lowest BCUT2D eigenvalue weighted by molar-refractivity contribution is 0.531. The molecule has 74 valence electrons. The Morgan fingerprint density at radius 1 is 1.38 bits per heavy atom. The lowest BCUT2D eigenvalue weighted by Gasteiger charge is -2.03. The van der Waals surface area contributed by atoms with Crippen LogP contribution in [0.3, 0.4) is 0 Å². The highest BCUT2D eigenvalue weighted by atomic mass is 32.3. The molecule has 0 fully saturated rings. The number of aromatic nitrogens is 3. The summed E-state index contributed by atoms with van der Waals surface area (Å²) in [6, 6.07) is 0. The van der Waals surface area contributed by atoms with Gasteiger partial charge in [0.25, 0.3) is 5.16 Å². The molecule has 1 heterocycles. The molecule has 0 spiro atoms. The third-order valence-corrected chi connectivity index (χ3v) is 2.39. The lowest BCUT2D eigenvalue weighted by atomic mass is 10.2. The first-order valence-electron chi connectivity index (χ1n) is 3.68. The summed E-state index contributed by atoms with van der Waals surface area (Å²) in [7, 11) is -3.34. The number of rotatable bonds is 2. The molecular formula is C6H10FN3O2S. The van der Waals surface area contributed by atoms with E-state index in [1.807, 2.05) is 13.8 Å². The molecule has 5 nitrogen and oxygen atoms in total. The van der Waals surface area contributed by atoms with Crippen LogP contribution >= 0.6 is 0 Å². The maximum absolute atomic E-state index is 12.5. The van der Waals surface area contributed by atoms with Crippen LogP contribution in [-0.2, 0) is 17.3 Å². The second kappa shape index (κ2) is 3.06. The van der Waals surface area contributed by atoms with Crippen LogP contribution in [-0.4, -0.2) is 23.2 Å². The third-order valence-electron chi connectivity index (χ3n) is 1.60. The van der Waals surface area contributed by atoms with Crippen molar-refractivity contribution in [2.24, 2.45) is 7.05 Å². The van der Waals surface area contributed by atoms with Gasteiger partial charge in [0, 0.05) is 13.0 Å². The Balaban J connectivity index is 3.30. The van der Waals surface area contributed by atoms with Crippen LogP contribution in [0.25, 0.3) is 0 Å². The van der Waals surface area contributed by atoms with E-state index in [-0.39, 0.29) is 5.92 Å². The smallest absolute Gasteiger partial charge is 0.303 e. The zero-order valence-electron chi connectivity index (χ0n) is 7.52. The summed E-state index contributed by atoms with van der Waals surface area (Å²) in [5.41, 5.74) is 0. The van der Waals surface area contributed by atoms with E-state index in [0.29, 0.717) is 5.82 Å². The minimum Gasteiger partial charge on any atom is -0.303 e. The van der Waals surface area contributed by atoms with Gasteiger partial charge < -0.3 is 4.57 Å². The van der Waals surface area contributed by atoms with Crippen molar-refractivity contribution >= 4 is 10.2 Å². The molecule has 0 aliphatic rings. The summed E-state index contributed by atoms with van der Waals surface area (Å²) in [6.45, 7) is 3.64. The van der Waals surface area contributed by atoms with Gasteiger partial charge >= 0.3 is 10.2 Å². The van der Waals surface area contributed by atoms with Gasteiger partial charge in [-0.2, -0.15) is 8.42 Å². The van der Waals surface area contributed by atoms with Crippen LogP contribution < -0.4 is 0 Å². The van der Waals surface area contributed by atoms with Gasteiger partial charge in [-0.3, -0.25) is 0 Å². The fraction of sp³-hybridized carbons (Fsp3) is 0.667. The topological polar surface area (TPSA) is 64.8 Å². The molecule has 0 radical (unpaired) electrons. The Labute approximate surface area is 75.8 Å². The van der Waals surface area contributed by atoms with E-state index in [4.69, 9.17) is 0 Å². The summed E-state index contributed by atoms with van der Waals surface area (Å²) in [5, 5.41) is 6.19. The molecule has 1 rings (SSSR count). The highest BCUT2D eigenvalue weighted by molar-refractivity contribution is 7.86. The van der Waals surface area contributed by atoms with Crippen molar-refractivity contribution in [3.8, 4) is 0 Å². The highest BCUT2D eigenvalue weighted by Gasteiger charge is 2.22. The van der Waals surface area contributed by atoms with Gasteiger partial charge in [-0.1, -0.05) is 17.7 Å². The molecule has 0 N–H and O–H groups in total. The molecule has 0 amide bonds. The van der Waals surface area contributed by atoms with E-state index in [1.165, 1.54) is 7.05 Å². The Morgan fingerprint density at radius 3 is 2.15 bits per heavy atom. The zero-order chi connectivity index (χ0) is 10.2. The molecule has 0 aromatic carbocycles. The van der Waals surface area contributed by atoms with Crippen molar-refractivity contribution in [1.82, 2.24) is 14.8 Å². The molecule has 13 heavy (non-hydrogen) atoms. The summed E-state index contributed by atoms with van der Waals surface area (Å²) >= 11 is 0. The second-order valence-corrected chi connectivity index (χ2v) is 4.23. The average Bonchev–Trinajstić information content (AvgIpc) is 2.28. The van der Waals surface area contributed by atoms with Crippen LogP contribution in [0.5, 0.6) is 0 Å². The number of hydrogen-bond donors (Lipinski definition) is 0. The van der Waals surface area contributed by atoms with E-state index in [0.717, 1.165) is 4.57 Å². The van der Waals surface area contributed by atoms with Crippen molar-refractivity contribution < 1.29 is 12.3 Å². The molecule has 0 unspecified atom stereocenters. The fourth-order valence-electron chi connectivity index (χ4n) is 1.04. The molecule has 1 aromatic heterocycles. The van der Waals surface area contributed by atoms with Crippen molar-refractivity contribution in [1.29, 1.82) is 0 Å². The van der Waals surface area contributed by atoms with Gasteiger partial charge in [0.1, 0.15) is 5.82 Å². The van der Waals surface area contributed by atoms with Gasteiger partial charge in [0.15, 0.2) is 0 Å². The predicted octanol–water partition coefficient (Wildman–Crippen LogP) is 0.597. The fourth-order valence-corrected chi connectivity index (χ4v) is 1.60.